The molecule has 0 radical (unpaired) electrons. The Labute approximate surface area is 180 Å². The van der Waals surface area contributed by atoms with Crippen LogP contribution in [0.5, 0.6) is 0 Å². The molecule has 2 saturated heterocycles. The fourth-order valence-electron chi connectivity index (χ4n) is 5.25. The molecule has 160 valence electrons. The molecule has 0 aliphatic carbocycles. The minimum atomic E-state index is -1.46. The highest BCUT2D eigenvalue weighted by Gasteiger charge is 2.62. The van der Waals surface area contributed by atoms with Crippen molar-refractivity contribution in [2.45, 2.75) is 45.4 Å². The predicted molar refractivity (Wildman–Crippen MR) is 113 cm³/mol. The molecule has 1 spiro atoms. The zero-order valence-corrected chi connectivity index (χ0v) is 17.6. The lowest BCUT2D eigenvalue weighted by Gasteiger charge is -2.55. The van der Waals surface area contributed by atoms with E-state index in [1.165, 1.54) is 0 Å². The molecular formula is C23H24N4O4. The molecule has 8 heteroatoms. The van der Waals surface area contributed by atoms with E-state index in [-0.39, 0.29) is 18.6 Å². The van der Waals surface area contributed by atoms with Crippen LogP contribution in [0.4, 0.5) is 10.5 Å². The van der Waals surface area contributed by atoms with Gasteiger partial charge < -0.3 is 9.64 Å². The van der Waals surface area contributed by atoms with E-state index in [0.717, 1.165) is 28.1 Å². The number of nitrogens with one attached hydrogen (secondary N) is 2. The van der Waals surface area contributed by atoms with Crippen LogP contribution >= 0.6 is 0 Å². The lowest BCUT2D eigenvalue weighted by Crippen LogP contribution is -2.75. The van der Waals surface area contributed by atoms with Crippen LogP contribution in [0.25, 0.3) is 11.3 Å². The molecule has 0 bridgehead atoms. The molecule has 0 unspecified atom stereocenters. The molecule has 3 aliphatic heterocycles. The first-order valence-electron chi connectivity index (χ1n) is 10.4. The lowest BCUT2D eigenvalue weighted by molar-refractivity contribution is -0.153. The number of carbonyl (C=O) groups is 3. The van der Waals surface area contributed by atoms with E-state index in [0.29, 0.717) is 6.54 Å². The van der Waals surface area contributed by atoms with Gasteiger partial charge in [-0.2, -0.15) is 0 Å². The maximum Gasteiger partial charge on any atom is 0.328 e. The number of rotatable bonds is 1. The van der Waals surface area contributed by atoms with Gasteiger partial charge in [-0.15, -0.1) is 0 Å². The summed E-state index contributed by atoms with van der Waals surface area (Å²) < 4.78 is 6.03. The van der Waals surface area contributed by atoms with Gasteiger partial charge in [-0.3, -0.25) is 25.2 Å². The Kier molecular flexibility index (Phi) is 4.37. The topological polar surface area (TPSA) is 101 Å². The second-order valence-electron chi connectivity index (χ2n) is 8.70. The lowest BCUT2D eigenvalue weighted by atomic mass is 9.66. The number of pyridine rings is 1. The molecule has 3 aliphatic rings. The molecule has 0 saturated carbocycles. The van der Waals surface area contributed by atoms with Crippen LogP contribution in [0.3, 0.4) is 0 Å². The van der Waals surface area contributed by atoms with Crippen LogP contribution in [0.2, 0.25) is 0 Å². The average Bonchev–Trinajstić information content (AvgIpc) is 2.71. The van der Waals surface area contributed by atoms with Crippen LogP contribution < -0.4 is 15.5 Å². The molecule has 4 amide bonds. The summed E-state index contributed by atoms with van der Waals surface area (Å²) in [5, 5.41) is 4.63. The predicted octanol–water partition coefficient (Wildman–Crippen LogP) is 1.95. The first kappa shape index (κ1) is 19.7. The normalized spacial score (nSPS) is 26.7. The number of aromatic nitrogens is 1. The van der Waals surface area contributed by atoms with Crippen LogP contribution in [0.1, 0.15) is 25.0 Å². The molecular weight excluding hydrogens is 396 g/mol. The number of fused-ring (bicyclic) bond motifs is 4. The number of benzene rings is 1. The first-order chi connectivity index (χ1) is 14.8. The molecule has 2 fully saturated rings. The van der Waals surface area contributed by atoms with Gasteiger partial charge in [0.1, 0.15) is 0 Å². The van der Waals surface area contributed by atoms with Gasteiger partial charge in [-0.1, -0.05) is 12.1 Å². The molecule has 3 atom stereocenters. The summed E-state index contributed by atoms with van der Waals surface area (Å²) in [6.45, 7) is 6.38. The number of anilines is 1. The van der Waals surface area contributed by atoms with E-state index in [4.69, 9.17) is 4.74 Å². The molecule has 1 aromatic carbocycles. The third kappa shape index (κ3) is 2.93. The number of hydrogen-bond acceptors (Lipinski definition) is 6. The van der Waals surface area contributed by atoms with Crippen LogP contribution in [-0.4, -0.2) is 47.6 Å². The third-order valence-corrected chi connectivity index (χ3v) is 6.52. The van der Waals surface area contributed by atoms with Gasteiger partial charge in [0.15, 0.2) is 5.41 Å². The Hall–Kier alpha value is -3.26. The molecule has 2 aromatic rings. The van der Waals surface area contributed by atoms with Gasteiger partial charge in [-0.25, -0.2) is 4.79 Å². The number of ether oxygens (including phenoxy) is 1. The van der Waals surface area contributed by atoms with Gasteiger partial charge >= 0.3 is 6.03 Å². The number of carbonyl (C=O) groups excluding carboxylic acids is 3. The Bertz CT molecular complexity index is 1080. The minimum Gasteiger partial charge on any atom is -0.372 e. The van der Waals surface area contributed by atoms with Crippen LogP contribution in [-0.2, 0) is 20.7 Å². The van der Waals surface area contributed by atoms with Gasteiger partial charge in [-0.05, 0) is 56.5 Å². The maximum absolute atomic E-state index is 13.2. The Balaban J connectivity index is 1.66. The van der Waals surface area contributed by atoms with Crippen molar-refractivity contribution in [1.29, 1.82) is 0 Å². The largest absolute Gasteiger partial charge is 0.372 e. The second kappa shape index (κ2) is 6.88. The van der Waals surface area contributed by atoms with Gasteiger partial charge in [0.25, 0.3) is 0 Å². The number of nitrogens with zero attached hydrogens (tertiary/aromatic N) is 2. The number of amides is 4. The van der Waals surface area contributed by atoms with Crippen molar-refractivity contribution in [2.24, 2.45) is 5.41 Å². The van der Waals surface area contributed by atoms with E-state index in [2.05, 4.69) is 20.5 Å². The Morgan fingerprint density at radius 1 is 1.10 bits per heavy atom. The fraction of sp³-hybridized carbons (Fsp3) is 0.391. The molecule has 8 nitrogen and oxygen atoms in total. The summed E-state index contributed by atoms with van der Waals surface area (Å²) in [4.78, 5) is 44.8. The zero-order valence-electron chi connectivity index (χ0n) is 17.6. The SMILES string of the molecule is Cc1ccc(-c2ccc3c(c2)CC2(C(=O)NC(=O)NC2=O)[C@H]2[C@H](C)O[C@H](C)CN32)nc1. The minimum absolute atomic E-state index is 0.0657. The molecule has 5 rings (SSSR count). The van der Waals surface area contributed by atoms with Gasteiger partial charge in [0.05, 0.1) is 23.9 Å². The third-order valence-electron chi connectivity index (χ3n) is 6.52. The number of barbiturate groups is 1. The number of hydrogen-bond donors (Lipinski definition) is 2. The smallest absolute Gasteiger partial charge is 0.328 e. The average molecular weight is 420 g/mol. The number of imide groups is 2. The van der Waals surface area contributed by atoms with Crippen molar-refractivity contribution in [1.82, 2.24) is 15.6 Å². The monoisotopic (exact) mass is 420 g/mol. The standard InChI is InChI=1S/C23H24N4O4/c1-12-4-6-17(24-10-12)15-5-7-18-16(8-15)9-23(20(28)25-22(30)26-21(23)29)19-14(3)31-13(2)11-27(18)19/h4-8,10,13-14,19H,9,11H2,1-3H3,(H2,25,26,28,29,30)/t13-,14+,19-/m1/s1. The quantitative estimate of drug-likeness (QED) is 0.684. The van der Waals surface area contributed by atoms with E-state index in [1.54, 1.807) is 0 Å². The second-order valence-corrected chi connectivity index (χ2v) is 8.70. The molecule has 4 heterocycles. The van der Waals surface area contributed by atoms with Crippen molar-refractivity contribution < 1.29 is 19.1 Å². The summed E-state index contributed by atoms with van der Waals surface area (Å²) in [6.07, 6.45) is 1.55. The Morgan fingerprint density at radius 3 is 2.52 bits per heavy atom. The number of urea groups is 1. The number of morpholine rings is 1. The zero-order chi connectivity index (χ0) is 21.9. The molecule has 1 aromatic heterocycles. The highest BCUT2D eigenvalue weighted by Crippen LogP contribution is 2.47. The molecule has 2 N–H and O–H groups in total. The van der Waals surface area contributed by atoms with E-state index in [1.807, 2.05) is 57.3 Å². The molecule has 31 heavy (non-hydrogen) atoms. The van der Waals surface area contributed by atoms with Crippen molar-refractivity contribution >= 4 is 23.5 Å². The summed E-state index contributed by atoms with van der Waals surface area (Å²) in [5.41, 5.74) is 3.19. The first-order valence-corrected chi connectivity index (χ1v) is 10.4. The van der Waals surface area contributed by atoms with Crippen molar-refractivity contribution in [3.05, 3.63) is 47.7 Å². The van der Waals surface area contributed by atoms with Crippen molar-refractivity contribution in [3.63, 3.8) is 0 Å². The van der Waals surface area contributed by atoms with E-state index >= 15 is 0 Å². The fourth-order valence-corrected chi connectivity index (χ4v) is 5.25. The summed E-state index contributed by atoms with van der Waals surface area (Å²) in [6, 6.07) is 8.68. The maximum atomic E-state index is 13.2. The van der Waals surface area contributed by atoms with Crippen LogP contribution in [0.15, 0.2) is 36.5 Å². The van der Waals surface area contributed by atoms with E-state index in [9.17, 15) is 14.4 Å². The summed E-state index contributed by atoms with van der Waals surface area (Å²) in [5.74, 6) is -1.16. The van der Waals surface area contributed by atoms with Crippen molar-refractivity contribution in [3.8, 4) is 11.3 Å². The highest BCUT2D eigenvalue weighted by atomic mass is 16.5. The Morgan fingerprint density at radius 2 is 1.84 bits per heavy atom. The van der Waals surface area contributed by atoms with Gasteiger partial charge in [0.2, 0.25) is 11.8 Å². The summed E-state index contributed by atoms with van der Waals surface area (Å²) in [7, 11) is 0. The van der Waals surface area contributed by atoms with Gasteiger partial charge in [0, 0.05) is 24.0 Å². The van der Waals surface area contributed by atoms with E-state index < -0.39 is 29.3 Å². The number of aryl methyl sites for hydroxylation is 1. The van der Waals surface area contributed by atoms with Crippen molar-refractivity contribution in [2.75, 3.05) is 11.4 Å². The van der Waals surface area contributed by atoms with Crippen LogP contribution in [0, 0.1) is 12.3 Å². The highest BCUT2D eigenvalue weighted by molar-refractivity contribution is 6.20. The summed E-state index contributed by atoms with van der Waals surface area (Å²) >= 11 is 0.